The van der Waals surface area contributed by atoms with Crippen LogP contribution in [0.2, 0.25) is 0 Å². The Morgan fingerprint density at radius 2 is 2.11 bits per heavy atom. The number of thiophene rings is 1. The zero-order chi connectivity index (χ0) is 13.6. The molecular formula is C15H26BrNS. The summed E-state index contributed by atoms with van der Waals surface area (Å²) in [6, 6.07) is 2.76. The second-order valence-corrected chi connectivity index (χ2v) is 8.00. The molecule has 0 amide bonds. The Hall–Kier alpha value is 0.140. The molecule has 0 aromatic carbocycles. The molecule has 0 fully saturated rings. The Balaban J connectivity index is 2.52. The third kappa shape index (κ3) is 6.35. The second-order valence-electron chi connectivity index (χ2n) is 6.15. The average molecular weight is 332 g/mol. The topological polar surface area (TPSA) is 12.0 Å². The number of halogens is 1. The van der Waals surface area contributed by atoms with Crippen LogP contribution in [0.1, 0.15) is 51.8 Å². The fourth-order valence-corrected chi connectivity index (χ4v) is 3.52. The molecular weight excluding hydrogens is 306 g/mol. The van der Waals surface area contributed by atoms with Crippen molar-refractivity contribution in [1.82, 2.24) is 5.32 Å². The molecule has 0 bridgehead atoms. The van der Waals surface area contributed by atoms with E-state index in [2.05, 4.69) is 60.4 Å². The molecule has 0 saturated carbocycles. The van der Waals surface area contributed by atoms with Crippen molar-refractivity contribution in [2.45, 2.75) is 59.4 Å². The maximum Gasteiger partial charge on any atom is 0.0314 e. The highest BCUT2D eigenvalue weighted by molar-refractivity contribution is 9.10. The summed E-state index contributed by atoms with van der Waals surface area (Å²) in [7, 11) is 0. The van der Waals surface area contributed by atoms with Crippen molar-refractivity contribution < 1.29 is 0 Å². The Kier molecular flexibility index (Phi) is 6.89. The maximum atomic E-state index is 3.69. The van der Waals surface area contributed by atoms with Crippen LogP contribution >= 0.6 is 27.3 Å². The van der Waals surface area contributed by atoms with Gasteiger partial charge in [0.05, 0.1) is 0 Å². The van der Waals surface area contributed by atoms with Gasteiger partial charge in [0.2, 0.25) is 0 Å². The molecule has 18 heavy (non-hydrogen) atoms. The molecule has 1 N–H and O–H groups in total. The first-order valence-corrected chi connectivity index (χ1v) is 8.55. The van der Waals surface area contributed by atoms with Gasteiger partial charge in [-0.15, -0.1) is 11.3 Å². The molecule has 1 unspecified atom stereocenters. The van der Waals surface area contributed by atoms with Gasteiger partial charge in [-0.05, 0) is 65.0 Å². The van der Waals surface area contributed by atoms with Gasteiger partial charge in [0.1, 0.15) is 0 Å². The van der Waals surface area contributed by atoms with Gasteiger partial charge in [-0.1, -0.05) is 27.7 Å². The molecule has 1 rings (SSSR count). The molecule has 104 valence electrons. The molecule has 0 aliphatic carbocycles. The SMILES string of the molecule is CCCNC(CCC(C)(C)C)Cc1sccc1Br. The van der Waals surface area contributed by atoms with Gasteiger partial charge in [0, 0.05) is 15.4 Å². The molecule has 0 saturated heterocycles. The lowest BCUT2D eigenvalue weighted by molar-refractivity contribution is 0.329. The minimum Gasteiger partial charge on any atom is -0.314 e. The first kappa shape index (κ1) is 16.2. The van der Waals surface area contributed by atoms with Crippen LogP contribution in [0.3, 0.4) is 0 Å². The standard InChI is InChI=1S/C15H26BrNS/c1-5-9-17-12(6-8-15(2,3)4)11-14-13(16)7-10-18-14/h7,10,12,17H,5-6,8-9,11H2,1-4H3. The van der Waals surface area contributed by atoms with Crippen LogP contribution in [0.15, 0.2) is 15.9 Å². The molecule has 1 nitrogen and oxygen atoms in total. The van der Waals surface area contributed by atoms with Crippen LogP contribution in [-0.2, 0) is 6.42 Å². The van der Waals surface area contributed by atoms with Gasteiger partial charge in [-0.2, -0.15) is 0 Å². The lowest BCUT2D eigenvalue weighted by Crippen LogP contribution is -2.32. The number of rotatable bonds is 7. The van der Waals surface area contributed by atoms with Crippen LogP contribution in [0, 0.1) is 5.41 Å². The molecule has 0 radical (unpaired) electrons. The van der Waals surface area contributed by atoms with E-state index in [1.807, 2.05) is 11.3 Å². The summed E-state index contributed by atoms with van der Waals surface area (Å²) in [5.74, 6) is 0. The smallest absolute Gasteiger partial charge is 0.0314 e. The summed E-state index contributed by atoms with van der Waals surface area (Å²) < 4.78 is 1.27. The summed E-state index contributed by atoms with van der Waals surface area (Å²) in [5.41, 5.74) is 0.429. The first-order chi connectivity index (χ1) is 8.42. The molecule has 1 aromatic heterocycles. The molecule has 0 aliphatic heterocycles. The Labute approximate surface area is 125 Å². The largest absolute Gasteiger partial charge is 0.314 e. The summed E-state index contributed by atoms with van der Waals surface area (Å²) in [5, 5.41) is 5.86. The maximum absolute atomic E-state index is 3.69. The van der Waals surface area contributed by atoms with E-state index in [0.717, 1.165) is 13.0 Å². The van der Waals surface area contributed by atoms with Crippen molar-refractivity contribution in [3.63, 3.8) is 0 Å². The Bertz CT molecular complexity index is 341. The average Bonchev–Trinajstić information content (AvgIpc) is 2.67. The number of hydrogen-bond donors (Lipinski definition) is 1. The summed E-state index contributed by atoms with van der Waals surface area (Å²) in [6.07, 6.45) is 4.89. The lowest BCUT2D eigenvalue weighted by atomic mass is 9.88. The monoisotopic (exact) mass is 331 g/mol. The quantitative estimate of drug-likeness (QED) is 0.719. The van der Waals surface area contributed by atoms with Crippen molar-refractivity contribution >= 4 is 27.3 Å². The van der Waals surface area contributed by atoms with Gasteiger partial charge in [0.25, 0.3) is 0 Å². The van der Waals surface area contributed by atoms with E-state index < -0.39 is 0 Å². The second kappa shape index (κ2) is 7.66. The zero-order valence-electron chi connectivity index (χ0n) is 12.1. The highest BCUT2D eigenvalue weighted by atomic mass is 79.9. The summed E-state index contributed by atoms with van der Waals surface area (Å²) in [4.78, 5) is 1.47. The fraction of sp³-hybridized carbons (Fsp3) is 0.733. The van der Waals surface area contributed by atoms with E-state index in [1.165, 1.54) is 28.6 Å². The van der Waals surface area contributed by atoms with Gasteiger partial charge in [0.15, 0.2) is 0 Å². The van der Waals surface area contributed by atoms with E-state index >= 15 is 0 Å². The Morgan fingerprint density at radius 3 is 2.61 bits per heavy atom. The predicted molar refractivity (Wildman–Crippen MR) is 86.5 cm³/mol. The van der Waals surface area contributed by atoms with Crippen molar-refractivity contribution in [1.29, 1.82) is 0 Å². The predicted octanol–water partition coefficient (Wildman–Crippen LogP) is 5.25. The van der Waals surface area contributed by atoms with Crippen molar-refractivity contribution in [2.75, 3.05) is 6.54 Å². The minimum atomic E-state index is 0.429. The van der Waals surface area contributed by atoms with Crippen LogP contribution in [0.25, 0.3) is 0 Å². The van der Waals surface area contributed by atoms with Crippen LogP contribution in [-0.4, -0.2) is 12.6 Å². The third-order valence-electron chi connectivity index (χ3n) is 3.05. The van der Waals surface area contributed by atoms with Crippen LogP contribution < -0.4 is 5.32 Å². The molecule has 1 atom stereocenters. The number of nitrogens with one attached hydrogen (secondary N) is 1. The van der Waals surface area contributed by atoms with E-state index in [1.54, 1.807) is 0 Å². The molecule has 3 heteroatoms. The summed E-state index contributed by atoms with van der Waals surface area (Å²) >= 11 is 5.49. The van der Waals surface area contributed by atoms with E-state index in [-0.39, 0.29) is 0 Å². The van der Waals surface area contributed by atoms with Gasteiger partial charge < -0.3 is 5.32 Å². The van der Waals surface area contributed by atoms with Crippen molar-refractivity contribution in [3.05, 3.63) is 20.8 Å². The van der Waals surface area contributed by atoms with Crippen LogP contribution in [0.4, 0.5) is 0 Å². The Morgan fingerprint density at radius 1 is 1.39 bits per heavy atom. The summed E-state index contributed by atoms with van der Waals surface area (Å²) in [6.45, 7) is 10.3. The van der Waals surface area contributed by atoms with E-state index in [4.69, 9.17) is 0 Å². The van der Waals surface area contributed by atoms with Gasteiger partial charge in [-0.3, -0.25) is 0 Å². The van der Waals surface area contributed by atoms with Crippen molar-refractivity contribution in [3.8, 4) is 0 Å². The minimum absolute atomic E-state index is 0.429. The molecule has 0 spiro atoms. The normalized spacial score (nSPS) is 13.8. The molecule has 1 aromatic rings. The van der Waals surface area contributed by atoms with Gasteiger partial charge in [-0.25, -0.2) is 0 Å². The highest BCUT2D eigenvalue weighted by Crippen LogP contribution is 2.27. The lowest BCUT2D eigenvalue weighted by Gasteiger charge is -2.24. The fourth-order valence-electron chi connectivity index (χ4n) is 1.93. The van der Waals surface area contributed by atoms with E-state index in [0.29, 0.717) is 11.5 Å². The molecule has 1 heterocycles. The zero-order valence-corrected chi connectivity index (χ0v) is 14.5. The number of hydrogen-bond acceptors (Lipinski definition) is 2. The highest BCUT2D eigenvalue weighted by Gasteiger charge is 2.16. The first-order valence-electron chi connectivity index (χ1n) is 6.87. The van der Waals surface area contributed by atoms with Crippen LogP contribution in [0.5, 0.6) is 0 Å². The van der Waals surface area contributed by atoms with Crippen molar-refractivity contribution in [2.24, 2.45) is 5.41 Å². The third-order valence-corrected chi connectivity index (χ3v) is 5.00. The molecule has 0 aliphatic rings. The van der Waals surface area contributed by atoms with E-state index in [9.17, 15) is 0 Å². The van der Waals surface area contributed by atoms with Gasteiger partial charge >= 0.3 is 0 Å².